The van der Waals surface area contributed by atoms with E-state index in [0.717, 1.165) is 0 Å². The number of methoxy groups -OCH3 is 1. The van der Waals surface area contributed by atoms with Gasteiger partial charge in [0.05, 0.1) is 7.11 Å². The number of ether oxygens (including phenoxy) is 1. The van der Waals surface area contributed by atoms with Crippen LogP contribution in [0.15, 0.2) is 64.6 Å². The fourth-order valence-corrected chi connectivity index (χ4v) is 2.57. The van der Waals surface area contributed by atoms with Gasteiger partial charge in [-0.05, 0) is 12.1 Å². The molecule has 0 saturated carbocycles. The van der Waals surface area contributed by atoms with Gasteiger partial charge in [0.2, 0.25) is 0 Å². The molecule has 0 atom stereocenters. The molecule has 0 unspecified atom stereocenters. The third kappa shape index (κ3) is 3.13. The van der Waals surface area contributed by atoms with E-state index >= 15 is 0 Å². The number of benzene rings is 1. The molecule has 3 aromatic heterocycles. The first-order valence-electron chi connectivity index (χ1n) is 7.88. The molecular weight excluding hydrogens is 350 g/mol. The summed E-state index contributed by atoms with van der Waals surface area (Å²) < 4.78 is 12.1. The van der Waals surface area contributed by atoms with Crippen LogP contribution in [0.5, 0.6) is 5.75 Å². The van der Waals surface area contributed by atoms with E-state index in [2.05, 4.69) is 20.3 Å². The van der Waals surface area contributed by atoms with Gasteiger partial charge in [0.1, 0.15) is 29.9 Å². The van der Waals surface area contributed by atoms with Crippen molar-refractivity contribution < 1.29 is 13.9 Å². The maximum Gasteiger partial charge on any atom is 0.349 e. The highest BCUT2D eigenvalue weighted by molar-refractivity contribution is 6.05. The van der Waals surface area contributed by atoms with Crippen LogP contribution in [-0.2, 0) is 0 Å². The van der Waals surface area contributed by atoms with Crippen molar-refractivity contribution >= 4 is 22.7 Å². The molecule has 0 saturated heterocycles. The number of anilines is 1. The number of nitrogens with one attached hydrogen (secondary N) is 1. The van der Waals surface area contributed by atoms with Gasteiger partial charge in [-0.15, -0.1) is 0 Å². The lowest BCUT2D eigenvalue weighted by Crippen LogP contribution is -2.21. The maximum atomic E-state index is 12.5. The van der Waals surface area contributed by atoms with Crippen LogP contribution in [0.25, 0.3) is 16.8 Å². The Labute approximate surface area is 152 Å². The molecule has 0 fully saturated rings. The fourth-order valence-electron chi connectivity index (χ4n) is 2.57. The standard InChI is InChI=1S/C18H13N5O4/c1-26-13-4-2-3-11-7-12(18(25)27-16(11)13)17(24)22-14-8-15(21-9-20-14)23-6-5-19-10-23/h2-10H,1H3,(H,20,21,22,24). The smallest absolute Gasteiger partial charge is 0.349 e. The van der Waals surface area contributed by atoms with E-state index in [1.807, 2.05) is 0 Å². The molecule has 4 rings (SSSR count). The highest BCUT2D eigenvalue weighted by Gasteiger charge is 2.16. The molecule has 0 spiro atoms. The van der Waals surface area contributed by atoms with Crippen LogP contribution in [-0.4, -0.2) is 32.5 Å². The number of para-hydroxylation sites is 1. The number of nitrogens with zero attached hydrogens (tertiary/aromatic N) is 4. The molecule has 27 heavy (non-hydrogen) atoms. The normalized spacial score (nSPS) is 10.7. The summed E-state index contributed by atoms with van der Waals surface area (Å²) in [6, 6.07) is 8.15. The second-order valence-corrected chi connectivity index (χ2v) is 5.51. The summed E-state index contributed by atoms with van der Waals surface area (Å²) in [4.78, 5) is 36.9. The quantitative estimate of drug-likeness (QED) is 0.552. The van der Waals surface area contributed by atoms with Crippen molar-refractivity contribution in [3.63, 3.8) is 0 Å². The first-order chi connectivity index (χ1) is 13.2. The molecule has 1 N–H and O–H groups in total. The summed E-state index contributed by atoms with van der Waals surface area (Å²) in [6.07, 6.45) is 6.19. The van der Waals surface area contributed by atoms with Gasteiger partial charge in [0, 0.05) is 23.8 Å². The Morgan fingerprint density at radius 1 is 1.26 bits per heavy atom. The second-order valence-electron chi connectivity index (χ2n) is 5.51. The number of hydrogen-bond donors (Lipinski definition) is 1. The van der Waals surface area contributed by atoms with Crippen molar-refractivity contribution in [1.82, 2.24) is 19.5 Å². The molecule has 0 radical (unpaired) electrons. The van der Waals surface area contributed by atoms with Gasteiger partial charge < -0.3 is 14.5 Å². The summed E-state index contributed by atoms with van der Waals surface area (Å²) in [5.41, 5.74) is -0.627. The van der Waals surface area contributed by atoms with Crippen LogP contribution in [0.4, 0.5) is 5.82 Å². The topological polar surface area (TPSA) is 112 Å². The Morgan fingerprint density at radius 2 is 2.15 bits per heavy atom. The first-order valence-corrected chi connectivity index (χ1v) is 7.88. The molecule has 1 amide bonds. The molecule has 0 aliphatic carbocycles. The number of rotatable bonds is 4. The SMILES string of the molecule is COc1cccc2cc(C(=O)Nc3cc(-n4ccnc4)ncn3)c(=O)oc12. The molecule has 9 nitrogen and oxygen atoms in total. The predicted molar refractivity (Wildman–Crippen MR) is 96.1 cm³/mol. The zero-order chi connectivity index (χ0) is 18.8. The van der Waals surface area contributed by atoms with Crippen molar-refractivity contribution in [2.45, 2.75) is 0 Å². The average Bonchev–Trinajstić information content (AvgIpc) is 3.22. The number of carbonyl (C=O) groups excluding carboxylic acids is 1. The minimum atomic E-state index is -0.770. The van der Waals surface area contributed by atoms with Gasteiger partial charge in [-0.25, -0.2) is 19.7 Å². The molecule has 9 heteroatoms. The van der Waals surface area contributed by atoms with Crippen molar-refractivity contribution in [1.29, 1.82) is 0 Å². The summed E-state index contributed by atoms with van der Waals surface area (Å²) in [6.45, 7) is 0. The van der Waals surface area contributed by atoms with E-state index in [9.17, 15) is 9.59 Å². The number of carbonyl (C=O) groups is 1. The highest BCUT2D eigenvalue weighted by Crippen LogP contribution is 2.24. The molecule has 0 bridgehead atoms. The Kier molecular flexibility index (Phi) is 4.09. The molecule has 134 valence electrons. The monoisotopic (exact) mass is 363 g/mol. The van der Waals surface area contributed by atoms with Crippen LogP contribution >= 0.6 is 0 Å². The minimum absolute atomic E-state index is 0.140. The number of fused-ring (bicyclic) bond motifs is 1. The average molecular weight is 363 g/mol. The van der Waals surface area contributed by atoms with Crippen molar-refractivity contribution in [2.24, 2.45) is 0 Å². The lowest BCUT2D eigenvalue weighted by molar-refractivity contribution is 0.102. The van der Waals surface area contributed by atoms with E-state index in [1.54, 1.807) is 47.6 Å². The lowest BCUT2D eigenvalue weighted by atomic mass is 10.1. The van der Waals surface area contributed by atoms with Crippen LogP contribution in [0, 0.1) is 0 Å². The Morgan fingerprint density at radius 3 is 2.93 bits per heavy atom. The number of amides is 1. The largest absolute Gasteiger partial charge is 0.493 e. The predicted octanol–water partition coefficient (Wildman–Crippen LogP) is 2.03. The minimum Gasteiger partial charge on any atom is -0.493 e. The van der Waals surface area contributed by atoms with E-state index in [-0.39, 0.29) is 17.0 Å². The summed E-state index contributed by atoms with van der Waals surface area (Å²) in [5.74, 6) is 0.540. The van der Waals surface area contributed by atoms with Gasteiger partial charge in [-0.2, -0.15) is 0 Å². The highest BCUT2D eigenvalue weighted by atomic mass is 16.5. The number of aromatic nitrogens is 4. The van der Waals surface area contributed by atoms with E-state index in [4.69, 9.17) is 9.15 Å². The Balaban J connectivity index is 1.67. The van der Waals surface area contributed by atoms with Gasteiger partial charge in [0.25, 0.3) is 5.91 Å². The first kappa shape index (κ1) is 16.5. The summed E-state index contributed by atoms with van der Waals surface area (Å²) in [7, 11) is 1.47. The van der Waals surface area contributed by atoms with Crippen LogP contribution in [0.3, 0.4) is 0 Å². The Bertz CT molecular complexity index is 1180. The second kappa shape index (κ2) is 6.71. The third-order valence-electron chi connectivity index (χ3n) is 3.85. The van der Waals surface area contributed by atoms with E-state index < -0.39 is 11.5 Å². The van der Waals surface area contributed by atoms with Crippen molar-refractivity contribution in [3.05, 3.63) is 71.4 Å². The summed E-state index contributed by atoms with van der Waals surface area (Å²) in [5, 5.41) is 3.15. The van der Waals surface area contributed by atoms with Crippen molar-refractivity contribution in [3.8, 4) is 11.6 Å². The number of hydrogen-bond acceptors (Lipinski definition) is 7. The van der Waals surface area contributed by atoms with E-state index in [1.165, 1.54) is 19.5 Å². The zero-order valence-corrected chi connectivity index (χ0v) is 14.1. The van der Waals surface area contributed by atoms with Crippen LogP contribution < -0.4 is 15.7 Å². The molecular formula is C18H13N5O4. The molecule has 0 aliphatic heterocycles. The van der Waals surface area contributed by atoms with Crippen molar-refractivity contribution in [2.75, 3.05) is 12.4 Å². The third-order valence-corrected chi connectivity index (χ3v) is 3.85. The Hall–Kier alpha value is -4.01. The van der Waals surface area contributed by atoms with Gasteiger partial charge in [-0.3, -0.25) is 9.36 Å². The van der Waals surface area contributed by atoms with Gasteiger partial charge >= 0.3 is 5.63 Å². The molecule has 0 aliphatic rings. The zero-order valence-electron chi connectivity index (χ0n) is 14.1. The summed E-state index contributed by atoms with van der Waals surface area (Å²) >= 11 is 0. The van der Waals surface area contributed by atoms with E-state index in [0.29, 0.717) is 17.0 Å². The van der Waals surface area contributed by atoms with Gasteiger partial charge in [0.15, 0.2) is 11.3 Å². The van der Waals surface area contributed by atoms with Gasteiger partial charge in [-0.1, -0.05) is 12.1 Å². The molecule has 3 heterocycles. The van der Waals surface area contributed by atoms with Crippen LogP contribution in [0.2, 0.25) is 0 Å². The fraction of sp³-hybridized carbons (Fsp3) is 0.0556. The lowest BCUT2D eigenvalue weighted by Gasteiger charge is -2.07. The van der Waals surface area contributed by atoms with Crippen LogP contribution in [0.1, 0.15) is 10.4 Å². The number of imidazole rings is 1. The molecule has 4 aromatic rings. The molecule has 1 aromatic carbocycles. The maximum absolute atomic E-state index is 12.5.